The van der Waals surface area contributed by atoms with Gasteiger partial charge in [0.15, 0.2) is 4.96 Å². The Labute approximate surface area is 107 Å². The van der Waals surface area contributed by atoms with Crippen molar-refractivity contribution < 1.29 is 10.2 Å². The molecular formula is C11H13N3O3S. The number of likely N-dealkylation sites (tertiary alicyclic amines) is 1. The molecule has 2 aromatic heterocycles. The fourth-order valence-corrected chi connectivity index (χ4v) is 2.91. The predicted octanol–water partition coefficient (Wildman–Crippen LogP) is -0.707. The summed E-state index contributed by atoms with van der Waals surface area (Å²) in [5.74, 6) is 0. The standard InChI is InChI=1S/C11H13N3O3S/c15-8-5-13(6-9(8)16)4-7-3-10(17)14-1-2-18-11(14)12-7/h1-3,8-9,15-16H,4-6H2/t8-,9+. The molecule has 0 spiro atoms. The van der Waals surface area contributed by atoms with Crippen molar-refractivity contribution in [3.05, 3.63) is 33.7 Å². The Hall–Kier alpha value is -1.28. The molecule has 6 nitrogen and oxygen atoms in total. The largest absolute Gasteiger partial charge is 0.389 e. The predicted molar refractivity (Wildman–Crippen MR) is 66.6 cm³/mol. The minimum atomic E-state index is -0.712. The van der Waals surface area contributed by atoms with Crippen LogP contribution in [0.25, 0.3) is 4.96 Å². The lowest BCUT2D eigenvalue weighted by Gasteiger charge is -2.13. The van der Waals surface area contributed by atoms with Gasteiger partial charge in [0, 0.05) is 37.3 Å². The smallest absolute Gasteiger partial charge is 0.258 e. The Kier molecular flexibility index (Phi) is 2.90. The Bertz CT molecular complexity index is 613. The maximum Gasteiger partial charge on any atom is 0.258 e. The van der Waals surface area contributed by atoms with Crippen molar-refractivity contribution in [2.45, 2.75) is 18.8 Å². The zero-order valence-corrected chi connectivity index (χ0v) is 10.4. The Morgan fingerprint density at radius 2 is 2.11 bits per heavy atom. The molecule has 0 amide bonds. The van der Waals surface area contributed by atoms with Crippen molar-refractivity contribution in [3.8, 4) is 0 Å². The van der Waals surface area contributed by atoms with Gasteiger partial charge in [-0.15, -0.1) is 11.3 Å². The number of aromatic nitrogens is 2. The Balaban J connectivity index is 1.85. The molecule has 1 aliphatic heterocycles. The van der Waals surface area contributed by atoms with Crippen molar-refractivity contribution in [3.63, 3.8) is 0 Å². The highest BCUT2D eigenvalue weighted by Crippen LogP contribution is 2.13. The maximum atomic E-state index is 11.8. The van der Waals surface area contributed by atoms with Gasteiger partial charge >= 0.3 is 0 Å². The van der Waals surface area contributed by atoms with E-state index in [1.807, 2.05) is 10.3 Å². The summed E-state index contributed by atoms with van der Waals surface area (Å²) >= 11 is 1.41. The number of aliphatic hydroxyl groups is 2. The van der Waals surface area contributed by atoms with E-state index >= 15 is 0 Å². The van der Waals surface area contributed by atoms with Crippen LogP contribution in [-0.4, -0.2) is 49.8 Å². The minimum absolute atomic E-state index is 0.100. The van der Waals surface area contributed by atoms with Gasteiger partial charge in [-0.05, 0) is 0 Å². The quantitative estimate of drug-likeness (QED) is 0.752. The molecule has 7 heteroatoms. The van der Waals surface area contributed by atoms with E-state index in [-0.39, 0.29) is 5.56 Å². The van der Waals surface area contributed by atoms with Crippen LogP contribution in [0.1, 0.15) is 5.69 Å². The van der Waals surface area contributed by atoms with E-state index < -0.39 is 12.2 Å². The number of rotatable bonds is 2. The van der Waals surface area contributed by atoms with Crippen LogP contribution >= 0.6 is 11.3 Å². The van der Waals surface area contributed by atoms with Crippen LogP contribution in [0.2, 0.25) is 0 Å². The van der Waals surface area contributed by atoms with Crippen molar-refractivity contribution in [2.75, 3.05) is 13.1 Å². The highest BCUT2D eigenvalue weighted by atomic mass is 32.1. The molecule has 0 bridgehead atoms. The summed E-state index contributed by atoms with van der Waals surface area (Å²) in [7, 11) is 0. The van der Waals surface area contributed by atoms with Crippen molar-refractivity contribution in [2.24, 2.45) is 0 Å². The first-order chi connectivity index (χ1) is 8.63. The van der Waals surface area contributed by atoms with Gasteiger partial charge in [0.2, 0.25) is 0 Å². The minimum Gasteiger partial charge on any atom is -0.389 e. The fraction of sp³-hybridized carbons (Fsp3) is 0.455. The van der Waals surface area contributed by atoms with Crippen LogP contribution in [0, 0.1) is 0 Å². The molecule has 0 aliphatic carbocycles. The van der Waals surface area contributed by atoms with Crippen LogP contribution in [0.5, 0.6) is 0 Å². The lowest BCUT2D eigenvalue weighted by molar-refractivity contribution is 0.0572. The summed E-state index contributed by atoms with van der Waals surface area (Å²) in [5, 5.41) is 20.7. The van der Waals surface area contributed by atoms with Crippen LogP contribution in [-0.2, 0) is 6.54 Å². The number of aliphatic hydroxyl groups excluding tert-OH is 2. The summed E-state index contributed by atoms with van der Waals surface area (Å²) in [5.41, 5.74) is 0.570. The highest BCUT2D eigenvalue weighted by molar-refractivity contribution is 7.15. The SMILES string of the molecule is O=c1cc(CN2C[C@@H](O)[C@@H](O)C2)nc2sccn12. The Morgan fingerprint density at radius 3 is 2.83 bits per heavy atom. The van der Waals surface area contributed by atoms with Gasteiger partial charge < -0.3 is 10.2 Å². The second kappa shape index (κ2) is 4.43. The van der Waals surface area contributed by atoms with Gasteiger partial charge in [-0.25, -0.2) is 4.98 Å². The number of β-amino-alcohol motifs (C(OH)–C–C–N with tert-alkyl or cyclic N) is 2. The van der Waals surface area contributed by atoms with E-state index in [0.29, 0.717) is 30.3 Å². The highest BCUT2D eigenvalue weighted by Gasteiger charge is 2.29. The lowest BCUT2D eigenvalue weighted by Crippen LogP contribution is -2.24. The number of fused-ring (bicyclic) bond motifs is 1. The monoisotopic (exact) mass is 267 g/mol. The lowest BCUT2D eigenvalue weighted by atomic mass is 10.3. The second-order valence-corrected chi connectivity index (χ2v) is 5.34. The summed E-state index contributed by atoms with van der Waals surface area (Å²) in [6.07, 6.45) is 0.274. The van der Waals surface area contributed by atoms with Crippen molar-refractivity contribution >= 4 is 16.3 Å². The molecule has 96 valence electrons. The summed E-state index contributed by atoms with van der Waals surface area (Å²) in [6.45, 7) is 1.29. The summed E-state index contributed by atoms with van der Waals surface area (Å²) in [6, 6.07) is 1.50. The molecule has 0 saturated carbocycles. The van der Waals surface area contributed by atoms with Gasteiger partial charge in [-0.1, -0.05) is 0 Å². The molecule has 0 aromatic carbocycles. The molecule has 1 fully saturated rings. The first-order valence-electron chi connectivity index (χ1n) is 5.68. The maximum absolute atomic E-state index is 11.8. The Morgan fingerprint density at radius 1 is 1.39 bits per heavy atom. The van der Waals surface area contributed by atoms with Crippen LogP contribution in [0.3, 0.4) is 0 Å². The normalized spacial score (nSPS) is 25.0. The van der Waals surface area contributed by atoms with Crippen molar-refractivity contribution in [1.29, 1.82) is 0 Å². The van der Waals surface area contributed by atoms with Crippen LogP contribution in [0.4, 0.5) is 0 Å². The third-order valence-corrected chi connectivity index (χ3v) is 3.83. The average Bonchev–Trinajstić information content (AvgIpc) is 2.87. The topological polar surface area (TPSA) is 78.1 Å². The first kappa shape index (κ1) is 11.8. The van der Waals surface area contributed by atoms with Crippen molar-refractivity contribution in [1.82, 2.24) is 14.3 Å². The molecule has 1 aliphatic rings. The van der Waals surface area contributed by atoms with Gasteiger partial charge in [0.1, 0.15) is 0 Å². The van der Waals surface area contributed by atoms with E-state index in [9.17, 15) is 15.0 Å². The molecule has 3 heterocycles. The third-order valence-electron chi connectivity index (χ3n) is 3.08. The molecule has 3 rings (SSSR count). The van der Waals surface area contributed by atoms with Crippen LogP contribution < -0.4 is 5.56 Å². The number of hydrogen-bond acceptors (Lipinski definition) is 6. The molecule has 2 aromatic rings. The van der Waals surface area contributed by atoms with Gasteiger partial charge in [0.05, 0.1) is 17.9 Å². The molecule has 2 N–H and O–H groups in total. The van der Waals surface area contributed by atoms with E-state index in [1.54, 1.807) is 6.20 Å². The molecule has 2 atom stereocenters. The van der Waals surface area contributed by atoms with E-state index in [2.05, 4.69) is 4.98 Å². The number of thiazole rings is 1. The van der Waals surface area contributed by atoms with E-state index in [4.69, 9.17) is 0 Å². The molecule has 1 saturated heterocycles. The van der Waals surface area contributed by atoms with E-state index in [1.165, 1.54) is 21.8 Å². The third kappa shape index (κ3) is 2.05. The average molecular weight is 267 g/mol. The molecule has 18 heavy (non-hydrogen) atoms. The first-order valence-corrected chi connectivity index (χ1v) is 6.56. The number of nitrogens with zero attached hydrogens (tertiary/aromatic N) is 3. The van der Waals surface area contributed by atoms with E-state index in [0.717, 1.165) is 0 Å². The molecular weight excluding hydrogens is 254 g/mol. The van der Waals surface area contributed by atoms with Crippen LogP contribution in [0.15, 0.2) is 22.4 Å². The molecule has 0 unspecified atom stereocenters. The van der Waals surface area contributed by atoms with Gasteiger partial charge in [-0.2, -0.15) is 0 Å². The zero-order valence-electron chi connectivity index (χ0n) is 9.56. The summed E-state index contributed by atoms with van der Waals surface area (Å²) < 4.78 is 1.50. The van der Waals surface area contributed by atoms with Gasteiger partial charge in [0.25, 0.3) is 5.56 Å². The summed E-state index contributed by atoms with van der Waals surface area (Å²) in [4.78, 5) is 18.7. The second-order valence-electron chi connectivity index (χ2n) is 4.47. The molecule has 0 radical (unpaired) electrons. The van der Waals surface area contributed by atoms with Gasteiger partial charge in [-0.3, -0.25) is 14.1 Å². The fourth-order valence-electron chi connectivity index (χ4n) is 2.17. The number of hydrogen-bond donors (Lipinski definition) is 2. The zero-order chi connectivity index (χ0) is 12.7.